The number of likely N-dealkylation sites (N-methyl/N-ethyl adjacent to an activating group) is 1. The van der Waals surface area contributed by atoms with Gasteiger partial charge in [0.25, 0.3) is 5.91 Å². The first-order valence-corrected chi connectivity index (χ1v) is 9.37. The van der Waals surface area contributed by atoms with E-state index in [1.807, 2.05) is 55.6 Å². The fourth-order valence-electron chi connectivity index (χ4n) is 3.25. The van der Waals surface area contributed by atoms with Gasteiger partial charge in [0.2, 0.25) is 5.91 Å². The van der Waals surface area contributed by atoms with Crippen molar-refractivity contribution in [1.29, 1.82) is 0 Å². The summed E-state index contributed by atoms with van der Waals surface area (Å²) in [6.45, 7) is 4.60. The number of hydrogen-bond acceptors (Lipinski definition) is 2. The van der Waals surface area contributed by atoms with E-state index in [-0.39, 0.29) is 11.8 Å². The lowest BCUT2D eigenvalue weighted by atomic mass is 9.96. The predicted molar refractivity (Wildman–Crippen MR) is 106 cm³/mol. The summed E-state index contributed by atoms with van der Waals surface area (Å²) in [5.74, 6) is -0.234. The number of hydrogen-bond donors (Lipinski definition) is 2. The maximum atomic E-state index is 13.1. The van der Waals surface area contributed by atoms with Gasteiger partial charge in [-0.3, -0.25) is 14.5 Å². The lowest BCUT2D eigenvalue weighted by Gasteiger charge is -2.42. The van der Waals surface area contributed by atoms with Gasteiger partial charge in [0.05, 0.1) is 18.4 Å². The van der Waals surface area contributed by atoms with Crippen LogP contribution in [0.1, 0.15) is 19.4 Å². The molecule has 2 aromatic carbocycles. The van der Waals surface area contributed by atoms with Crippen molar-refractivity contribution in [3.8, 4) is 0 Å². The minimum Gasteiger partial charge on any atom is -0.326 e. The number of amides is 2. The Balaban J connectivity index is 1.79. The van der Waals surface area contributed by atoms with Crippen molar-refractivity contribution in [2.75, 3.05) is 23.8 Å². The molecule has 3 rings (SSSR count). The van der Waals surface area contributed by atoms with Gasteiger partial charge >= 0.3 is 0 Å². The van der Waals surface area contributed by atoms with Crippen LogP contribution >= 0.6 is 15.9 Å². The summed E-state index contributed by atoms with van der Waals surface area (Å²) in [5, 5.41) is 2.89. The number of para-hydroxylation sites is 2. The first-order valence-electron chi connectivity index (χ1n) is 8.58. The molecule has 2 aromatic rings. The fraction of sp³-hybridized carbons (Fsp3) is 0.300. The lowest BCUT2D eigenvalue weighted by molar-refractivity contribution is -0.885. The van der Waals surface area contributed by atoms with E-state index < -0.39 is 5.54 Å². The minimum atomic E-state index is -0.927. The highest BCUT2D eigenvalue weighted by molar-refractivity contribution is 9.10. The molecule has 0 saturated carbocycles. The van der Waals surface area contributed by atoms with E-state index in [0.717, 1.165) is 27.2 Å². The van der Waals surface area contributed by atoms with Gasteiger partial charge < -0.3 is 10.2 Å². The van der Waals surface area contributed by atoms with Crippen LogP contribution in [0.15, 0.2) is 53.0 Å². The van der Waals surface area contributed by atoms with Crippen molar-refractivity contribution in [3.63, 3.8) is 0 Å². The Hall–Kier alpha value is -2.18. The number of quaternary nitrogens is 1. The zero-order valence-corrected chi connectivity index (χ0v) is 16.8. The first-order chi connectivity index (χ1) is 12.3. The van der Waals surface area contributed by atoms with Crippen LogP contribution in [-0.2, 0) is 16.1 Å². The number of fused-ring (bicyclic) bond motifs is 1. The van der Waals surface area contributed by atoms with Crippen molar-refractivity contribution in [2.45, 2.75) is 25.9 Å². The van der Waals surface area contributed by atoms with Crippen LogP contribution in [0.25, 0.3) is 0 Å². The SMILES string of the molecule is C[NH+](CC(=O)N1c2ccccc2NC(=O)C1(C)C)Cc1ccc(Br)cc1. The number of benzene rings is 2. The molecule has 0 fully saturated rings. The van der Waals surface area contributed by atoms with Crippen molar-refractivity contribution in [3.05, 3.63) is 58.6 Å². The van der Waals surface area contributed by atoms with Gasteiger partial charge in [-0.1, -0.05) is 40.2 Å². The third-order valence-corrected chi connectivity index (χ3v) is 5.16. The fourth-order valence-corrected chi connectivity index (χ4v) is 3.51. The molecule has 0 bridgehead atoms. The summed E-state index contributed by atoms with van der Waals surface area (Å²) >= 11 is 3.43. The van der Waals surface area contributed by atoms with Gasteiger partial charge in [-0.15, -0.1) is 0 Å². The van der Waals surface area contributed by atoms with E-state index in [1.165, 1.54) is 0 Å². The highest BCUT2D eigenvalue weighted by Gasteiger charge is 2.44. The molecule has 26 heavy (non-hydrogen) atoms. The second-order valence-electron chi connectivity index (χ2n) is 7.20. The quantitative estimate of drug-likeness (QED) is 0.802. The van der Waals surface area contributed by atoms with Crippen LogP contribution in [0.2, 0.25) is 0 Å². The van der Waals surface area contributed by atoms with Crippen LogP contribution < -0.4 is 15.1 Å². The van der Waals surface area contributed by atoms with Gasteiger partial charge in [0.1, 0.15) is 12.1 Å². The van der Waals surface area contributed by atoms with E-state index in [1.54, 1.807) is 18.7 Å². The number of nitrogens with one attached hydrogen (secondary N) is 2. The average Bonchev–Trinajstić information content (AvgIpc) is 2.57. The average molecular weight is 417 g/mol. The van der Waals surface area contributed by atoms with Crippen molar-refractivity contribution < 1.29 is 14.5 Å². The van der Waals surface area contributed by atoms with Crippen LogP contribution in [-0.4, -0.2) is 30.9 Å². The van der Waals surface area contributed by atoms with Crippen molar-refractivity contribution in [2.24, 2.45) is 0 Å². The smallest absolute Gasteiger partial charge is 0.283 e. The molecule has 1 unspecified atom stereocenters. The van der Waals surface area contributed by atoms with Crippen molar-refractivity contribution >= 4 is 39.1 Å². The van der Waals surface area contributed by atoms with Crippen LogP contribution in [0.5, 0.6) is 0 Å². The maximum absolute atomic E-state index is 13.1. The third-order valence-electron chi connectivity index (χ3n) is 4.63. The maximum Gasteiger partial charge on any atom is 0.283 e. The molecule has 1 atom stereocenters. The summed E-state index contributed by atoms with van der Waals surface area (Å²) < 4.78 is 1.03. The topological polar surface area (TPSA) is 53.9 Å². The van der Waals surface area contributed by atoms with E-state index in [2.05, 4.69) is 21.2 Å². The molecule has 0 spiro atoms. The minimum absolute atomic E-state index is 0.0630. The van der Waals surface area contributed by atoms with Gasteiger partial charge in [-0.05, 0) is 38.1 Å². The summed E-state index contributed by atoms with van der Waals surface area (Å²) in [6.07, 6.45) is 0. The molecule has 1 aliphatic heterocycles. The number of rotatable bonds is 4. The number of nitrogens with zero attached hydrogens (tertiary/aromatic N) is 1. The van der Waals surface area contributed by atoms with Gasteiger partial charge in [0, 0.05) is 10.0 Å². The Morgan fingerprint density at radius 2 is 1.81 bits per heavy atom. The normalized spacial score (nSPS) is 16.6. The second kappa shape index (κ2) is 7.21. The first kappa shape index (κ1) is 18.6. The second-order valence-corrected chi connectivity index (χ2v) is 8.11. The summed E-state index contributed by atoms with van der Waals surface area (Å²) in [7, 11) is 1.99. The molecule has 6 heteroatoms. The van der Waals surface area contributed by atoms with Crippen LogP contribution in [0.4, 0.5) is 11.4 Å². The molecule has 0 aliphatic carbocycles. The Kier molecular flexibility index (Phi) is 5.16. The standard InChI is InChI=1S/C20H22BrN3O2/c1-20(2)19(26)22-16-6-4-5-7-17(16)24(20)18(25)13-23(3)12-14-8-10-15(21)11-9-14/h4-11H,12-13H2,1-3H3,(H,22,26)/p+1. The molecule has 1 heterocycles. The van der Waals surface area contributed by atoms with E-state index in [4.69, 9.17) is 0 Å². The Morgan fingerprint density at radius 3 is 2.50 bits per heavy atom. The number of carbonyl (C=O) groups is 2. The molecule has 0 saturated heterocycles. The number of anilines is 2. The lowest BCUT2D eigenvalue weighted by Crippen LogP contribution is -3.09. The number of halogens is 1. The van der Waals surface area contributed by atoms with E-state index in [9.17, 15) is 9.59 Å². The van der Waals surface area contributed by atoms with Gasteiger partial charge in [0.15, 0.2) is 6.54 Å². The summed E-state index contributed by atoms with van der Waals surface area (Å²) in [6, 6.07) is 15.5. The largest absolute Gasteiger partial charge is 0.326 e. The molecule has 0 aromatic heterocycles. The molecule has 136 valence electrons. The highest BCUT2D eigenvalue weighted by Crippen LogP contribution is 2.36. The Labute approximate surface area is 162 Å². The van der Waals surface area contributed by atoms with Crippen molar-refractivity contribution in [1.82, 2.24) is 0 Å². The monoisotopic (exact) mass is 416 g/mol. The summed E-state index contributed by atoms with van der Waals surface area (Å²) in [5.41, 5.74) is 1.66. The summed E-state index contributed by atoms with van der Waals surface area (Å²) in [4.78, 5) is 28.3. The molecule has 2 amide bonds. The molecule has 5 nitrogen and oxygen atoms in total. The number of carbonyl (C=O) groups excluding carboxylic acids is 2. The van der Waals surface area contributed by atoms with Crippen LogP contribution in [0, 0.1) is 0 Å². The molecular weight excluding hydrogens is 394 g/mol. The predicted octanol–water partition coefficient (Wildman–Crippen LogP) is 2.23. The Bertz CT molecular complexity index is 833. The van der Waals surface area contributed by atoms with Gasteiger partial charge in [-0.25, -0.2) is 0 Å². The third kappa shape index (κ3) is 3.66. The molecular formula is C20H23BrN3O2+. The Morgan fingerprint density at radius 1 is 1.15 bits per heavy atom. The van der Waals surface area contributed by atoms with Crippen LogP contribution in [0.3, 0.4) is 0 Å². The highest BCUT2D eigenvalue weighted by atomic mass is 79.9. The molecule has 1 aliphatic rings. The van der Waals surface area contributed by atoms with E-state index >= 15 is 0 Å². The molecule has 2 N–H and O–H groups in total. The van der Waals surface area contributed by atoms with Gasteiger partial charge in [-0.2, -0.15) is 0 Å². The zero-order chi connectivity index (χ0) is 18.9. The zero-order valence-electron chi connectivity index (χ0n) is 15.2. The molecule has 0 radical (unpaired) electrons. The van der Waals surface area contributed by atoms with E-state index in [0.29, 0.717) is 12.2 Å².